The van der Waals surface area contributed by atoms with Gasteiger partial charge in [0.15, 0.2) is 0 Å². The van der Waals surface area contributed by atoms with Crippen LogP contribution in [0.25, 0.3) is 10.9 Å². The van der Waals surface area contributed by atoms with Crippen LogP contribution in [0.1, 0.15) is 49.8 Å². The van der Waals surface area contributed by atoms with E-state index >= 15 is 0 Å². The molecule has 0 aliphatic rings. The van der Waals surface area contributed by atoms with Crippen LogP contribution in [0.5, 0.6) is 0 Å². The van der Waals surface area contributed by atoms with Crippen molar-refractivity contribution in [3.8, 4) is 0 Å². The smallest absolute Gasteiger partial charge is 0.270 e. The molecule has 0 saturated carbocycles. The van der Waals surface area contributed by atoms with E-state index < -0.39 is 0 Å². The van der Waals surface area contributed by atoms with E-state index in [1.807, 2.05) is 61.5 Å². The van der Waals surface area contributed by atoms with Crippen molar-refractivity contribution in [2.45, 2.75) is 45.7 Å². The Balaban J connectivity index is 1.82. The van der Waals surface area contributed by atoms with Crippen LogP contribution in [0.2, 0.25) is 0 Å². The van der Waals surface area contributed by atoms with Crippen molar-refractivity contribution in [2.24, 2.45) is 5.92 Å². The number of benzene rings is 3. The van der Waals surface area contributed by atoms with Crippen molar-refractivity contribution < 1.29 is 9.72 Å². The van der Waals surface area contributed by atoms with Crippen LogP contribution in [0.3, 0.4) is 0 Å². The maximum Gasteiger partial charge on any atom is 0.270 e. The lowest BCUT2D eigenvalue weighted by Crippen LogP contribution is -2.36. The fourth-order valence-electron chi connectivity index (χ4n) is 4.37. The number of nitro groups is 1. The highest BCUT2D eigenvalue weighted by Crippen LogP contribution is 2.36. The van der Waals surface area contributed by atoms with Gasteiger partial charge in [0.2, 0.25) is 5.91 Å². The Kier molecular flexibility index (Phi) is 7.30. The van der Waals surface area contributed by atoms with Gasteiger partial charge in [-0.25, -0.2) is 0 Å². The molecule has 0 bridgehead atoms. The zero-order valence-corrected chi connectivity index (χ0v) is 20.3. The Labute approximate surface area is 205 Å². The summed E-state index contributed by atoms with van der Waals surface area (Å²) in [6.07, 6.45) is 2.31. The number of nitro benzene ring substituents is 1. The third-order valence-corrected chi connectivity index (χ3v) is 6.66. The quantitative estimate of drug-likeness (QED) is 0.231. The van der Waals surface area contributed by atoms with Crippen LogP contribution in [0.15, 0.2) is 85.1 Å². The highest BCUT2D eigenvalue weighted by atomic mass is 16.6. The zero-order valence-electron chi connectivity index (χ0n) is 20.3. The molecule has 6 nitrogen and oxygen atoms in total. The molecule has 0 fully saturated rings. The SMILES string of the molecule is CC(C)[C@H](C)NC(=O)C[C@@H](c1ccccc1)c1cn(Cc2ccccc2)c2ccc([N+](=O)[O-])cc12. The highest BCUT2D eigenvalue weighted by molar-refractivity contribution is 5.88. The van der Waals surface area contributed by atoms with E-state index in [0.717, 1.165) is 27.6 Å². The largest absolute Gasteiger partial charge is 0.353 e. The fraction of sp³-hybridized carbons (Fsp3) is 0.276. The molecule has 1 heterocycles. The molecular formula is C29H31N3O3. The minimum atomic E-state index is -0.369. The minimum absolute atomic E-state index is 0.0329. The van der Waals surface area contributed by atoms with Crippen LogP contribution in [-0.2, 0) is 11.3 Å². The van der Waals surface area contributed by atoms with Crippen molar-refractivity contribution in [3.63, 3.8) is 0 Å². The summed E-state index contributed by atoms with van der Waals surface area (Å²) in [5.41, 5.74) is 4.00. The van der Waals surface area contributed by atoms with E-state index in [1.165, 1.54) is 0 Å². The maximum atomic E-state index is 13.1. The molecule has 1 amide bonds. The number of hydrogen-bond donors (Lipinski definition) is 1. The summed E-state index contributed by atoms with van der Waals surface area (Å²) in [6.45, 7) is 6.80. The average molecular weight is 470 g/mol. The van der Waals surface area contributed by atoms with Crippen LogP contribution in [0, 0.1) is 16.0 Å². The average Bonchev–Trinajstić information content (AvgIpc) is 3.20. The molecule has 1 aromatic heterocycles. The molecule has 3 aromatic carbocycles. The number of nitrogens with zero attached hydrogens (tertiary/aromatic N) is 2. The van der Waals surface area contributed by atoms with Gasteiger partial charge in [-0.3, -0.25) is 14.9 Å². The first kappa shape index (κ1) is 24.2. The molecule has 2 atom stereocenters. The van der Waals surface area contributed by atoms with Gasteiger partial charge >= 0.3 is 0 Å². The van der Waals surface area contributed by atoms with E-state index in [0.29, 0.717) is 12.5 Å². The number of amides is 1. The molecule has 0 spiro atoms. The van der Waals surface area contributed by atoms with Crippen LogP contribution >= 0.6 is 0 Å². The lowest BCUT2D eigenvalue weighted by Gasteiger charge is -2.21. The molecule has 1 N–H and O–H groups in total. The predicted molar refractivity (Wildman–Crippen MR) is 139 cm³/mol. The first-order valence-corrected chi connectivity index (χ1v) is 12.0. The molecule has 0 aliphatic heterocycles. The van der Waals surface area contributed by atoms with Crippen molar-refractivity contribution in [3.05, 3.63) is 112 Å². The summed E-state index contributed by atoms with van der Waals surface area (Å²) in [5, 5.41) is 15.5. The number of aromatic nitrogens is 1. The molecule has 180 valence electrons. The summed E-state index contributed by atoms with van der Waals surface area (Å²) in [7, 11) is 0. The summed E-state index contributed by atoms with van der Waals surface area (Å²) >= 11 is 0. The summed E-state index contributed by atoms with van der Waals surface area (Å²) in [6, 6.07) is 25.0. The number of rotatable bonds is 9. The summed E-state index contributed by atoms with van der Waals surface area (Å²) in [4.78, 5) is 24.3. The molecule has 0 saturated heterocycles. The molecule has 0 radical (unpaired) electrons. The lowest BCUT2D eigenvalue weighted by molar-refractivity contribution is -0.384. The van der Waals surface area contributed by atoms with Gasteiger partial charge in [0, 0.05) is 54.2 Å². The monoisotopic (exact) mass is 469 g/mol. The number of fused-ring (bicyclic) bond motifs is 1. The number of nitrogens with one attached hydrogen (secondary N) is 1. The fourth-order valence-corrected chi connectivity index (χ4v) is 4.37. The van der Waals surface area contributed by atoms with Crippen LogP contribution in [-0.4, -0.2) is 21.4 Å². The Morgan fingerprint density at radius 1 is 0.971 bits per heavy atom. The van der Waals surface area contributed by atoms with Gasteiger partial charge in [0.25, 0.3) is 5.69 Å². The van der Waals surface area contributed by atoms with Crippen molar-refractivity contribution in [1.29, 1.82) is 0 Å². The number of carbonyl (C=O) groups is 1. The van der Waals surface area contributed by atoms with Gasteiger partial charge in [-0.2, -0.15) is 0 Å². The van der Waals surface area contributed by atoms with E-state index in [2.05, 4.69) is 42.1 Å². The van der Waals surface area contributed by atoms with Crippen molar-refractivity contribution >= 4 is 22.5 Å². The minimum Gasteiger partial charge on any atom is -0.353 e. The normalized spacial score (nSPS) is 13.0. The molecule has 4 aromatic rings. The van der Waals surface area contributed by atoms with E-state index in [4.69, 9.17) is 0 Å². The topological polar surface area (TPSA) is 77.2 Å². The molecule has 4 rings (SSSR count). The van der Waals surface area contributed by atoms with Crippen LogP contribution in [0.4, 0.5) is 5.69 Å². The Morgan fingerprint density at radius 3 is 2.26 bits per heavy atom. The van der Waals surface area contributed by atoms with E-state index in [-0.39, 0.29) is 34.9 Å². The first-order valence-electron chi connectivity index (χ1n) is 12.0. The first-order chi connectivity index (χ1) is 16.8. The summed E-state index contributed by atoms with van der Waals surface area (Å²) < 4.78 is 2.12. The third kappa shape index (κ3) is 5.60. The van der Waals surface area contributed by atoms with Gasteiger partial charge < -0.3 is 9.88 Å². The van der Waals surface area contributed by atoms with Crippen molar-refractivity contribution in [2.75, 3.05) is 0 Å². The van der Waals surface area contributed by atoms with Crippen LogP contribution < -0.4 is 5.32 Å². The Hall–Kier alpha value is -3.93. The molecule has 6 heteroatoms. The van der Waals surface area contributed by atoms with E-state index in [1.54, 1.807) is 12.1 Å². The Bertz CT molecular complexity index is 1310. The molecule has 0 unspecified atom stereocenters. The van der Waals surface area contributed by atoms with Gasteiger partial charge in [0.1, 0.15) is 0 Å². The molecule has 35 heavy (non-hydrogen) atoms. The number of carbonyl (C=O) groups excluding carboxylic acids is 1. The van der Waals surface area contributed by atoms with Gasteiger partial charge in [-0.05, 0) is 35.6 Å². The molecule has 0 aliphatic carbocycles. The lowest BCUT2D eigenvalue weighted by atomic mass is 9.87. The van der Waals surface area contributed by atoms with Gasteiger partial charge in [0.05, 0.1) is 4.92 Å². The second kappa shape index (κ2) is 10.6. The zero-order chi connectivity index (χ0) is 24.9. The predicted octanol–water partition coefficient (Wildman–Crippen LogP) is 6.28. The number of non-ortho nitro benzene ring substituents is 1. The van der Waals surface area contributed by atoms with Gasteiger partial charge in [-0.1, -0.05) is 74.5 Å². The summed E-state index contributed by atoms with van der Waals surface area (Å²) in [5.74, 6) is 0.0519. The Morgan fingerprint density at radius 2 is 1.63 bits per heavy atom. The highest BCUT2D eigenvalue weighted by Gasteiger charge is 2.25. The van der Waals surface area contributed by atoms with Crippen molar-refractivity contribution in [1.82, 2.24) is 9.88 Å². The maximum absolute atomic E-state index is 13.1. The standard InChI is InChI=1S/C29H31N3O3/c1-20(2)21(3)30-29(33)17-25(23-12-8-5-9-13-23)27-19-31(18-22-10-6-4-7-11-22)28-15-14-24(32(34)35)16-26(27)28/h4-16,19-21,25H,17-18H2,1-3H3,(H,30,33)/t21-,25-/m0/s1. The second-order valence-corrected chi connectivity index (χ2v) is 9.42. The van der Waals surface area contributed by atoms with E-state index in [9.17, 15) is 14.9 Å². The van der Waals surface area contributed by atoms with Gasteiger partial charge in [-0.15, -0.1) is 0 Å². The number of hydrogen-bond acceptors (Lipinski definition) is 3. The second-order valence-electron chi connectivity index (χ2n) is 9.42. The third-order valence-electron chi connectivity index (χ3n) is 6.66. The molecular weight excluding hydrogens is 438 g/mol.